The number of nitrogens with one attached hydrogen (secondary N) is 1. The topological polar surface area (TPSA) is 86.7 Å². The van der Waals surface area contributed by atoms with Crippen LogP contribution in [0.2, 0.25) is 0 Å². The lowest BCUT2D eigenvalue weighted by Crippen LogP contribution is -2.45. The summed E-state index contributed by atoms with van der Waals surface area (Å²) in [6, 6.07) is 0.295. The number of carboxylic acid groups (broad SMARTS) is 1. The largest absolute Gasteiger partial charge is 0.481 e. The molecular formula is C12H24N2O4S. The molecule has 1 aliphatic heterocycles. The molecule has 7 heteroatoms. The maximum absolute atomic E-state index is 12.1. The average Bonchev–Trinajstić information content (AvgIpc) is 2.38. The van der Waals surface area contributed by atoms with E-state index in [0.717, 1.165) is 6.42 Å². The predicted molar refractivity (Wildman–Crippen MR) is 73.5 cm³/mol. The summed E-state index contributed by atoms with van der Waals surface area (Å²) >= 11 is 0. The van der Waals surface area contributed by atoms with E-state index in [1.165, 1.54) is 4.31 Å². The Bertz CT molecular complexity index is 397. The number of carboxylic acids is 1. The molecule has 0 saturated carbocycles. The van der Waals surface area contributed by atoms with Crippen LogP contribution in [-0.4, -0.2) is 55.2 Å². The van der Waals surface area contributed by atoms with Crippen LogP contribution in [0.3, 0.4) is 0 Å². The second-order valence-electron chi connectivity index (χ2n) is 5.11. The van der Waals surface area contributed by atoms with Gasteiger partial charge in [0.15, 0.2) is 0 Å². The second kappa shape index (κ2) is 7.21. The molecule has 1 saturated heterocycles. The van der Waals surface area contributed by atoms with E-state index in [9.17, 15) is 13.2 Å². The monoisotopic (exact) mass is 292 g/mol. The summed E-state index contributed by atoms with van der Waals surface area (Å²) in [7, 11) is -3.35. The Morgan fingerprint density at radius 2 is 2.21 bits per heavy atom. The molecule has 6 nitrogen and oxygen atoms in total. The van der Waals surface area contributed by atoms with Crippen molar-refractivity contribution in [1.29, 1.82) is 0 Å². The van der Waals surface area contributed by atoms with Gasteiger partial charge in [-0.05, 0) is 26.2 Å². The van der Waals surface area contributed by atoms with E-state index in [2.05, 4.69) is 5.32 Å². The molecule has 0 aromatic heterocycles. The first-order valence-corrected chi connectivity index (χ1v) is 8.41. The zero-order valence-electron chi connectivity index (χ0n) is 11.6. The molecule has 19 heavy (non-hydrogen) atoms. The van der Waals surface area contributed by atoms with Crippen molar-refractivity contribution in [3.63, 3.8) is 0 Å². The van der Waals surface area contributed by atoms with Crippen molar-refractivity contribution >= 4 is 16.0 Å². The Morgan fingerprint density at radius 3 is 2.79 bits per heavy atom. The van der Waals surface area contributed by atoms with Gasteiger partial charge in [-0.25, -0.2) is 12.7 Å². The Kier molecular flexibility index (Phi) is 6.22. The number of sulfonamides is 1. The summed E-state index contributed by atoms with van der Waals surface area (Å²) in [5.41, 5.74) is 0. The summed E-state index contributed by atoms with van der Waals surface area (Å²) in [6.45, 7) is 5.00. The molecule has 1 aliphatic rings. The van der Waals surface area contributed by atoms with Crippen LogP contribution >= 0.6 is 0 Å². The molecule has 2 N–H and O–H groups in total. The second-order valence-corrected chi connectivity index (χ2v) is 7.20. The van der Waals surface area contributed by atoms with E-state index in [0.29, 0.717) is 32.0 Å². The fourth-order valence-electron chi connectivity index (χ4n) is 2.10. The normalized spacial score (nSPS) is 23.2. The molecule has 1 heterocycles. The zero-order chi connectivity index (χ0) is 14.5. The molecule has 0 spiro atoms. The standard InChI is InChI=1S/C12H24N2O4S/c1-3-10(2)13-6-8-19(17,18)14-7-4-5-11(9-14)12(15)16/h10-11,13H,3-9H2,1-2H3,(H,15,16). The first-order valence-electron chi connectivity index (χ1n) is 6.80. The highest BCUT2D eigenvalue weighted by Crippen LogP contribution is 2.19. The van der Waals surface area contributed by atoms with Gasteiger partial charge < -0.3 is 10.4 Å². The highest BCUT2D eigenvalue weighted by molar-refractivity contribution is 7.89. The predicted octanol–water partition coefficient (Wildman–Crippen LogP) is 0.501. The first kappa shape index (κ1) is 16.4. The highest BCUT2D eigenvalue weighted by Gasteiger charge is 2.31. The number of nitrogens with zero attached hydrogens (tertiary/aromatic N) is 1. The van der Waals surface area contributed by atoms with Crippen LogP contribution in [0, 0.1) is 5.92 Å². The SMILES string of the molecule is CCC(C)NCCS(=O)(=O)N1CCCC(C(=O)O)C1. The zero-order valence-corrected chi connectivity index (χ0v) is 12.4. The minimum atomic E-state index is -3.35. The number of aliphatic carboxylic acids is 1. The molecule has 0 radical (unpaired) electrons. The van der Waals surface area contributed by atoms with Crippen molar-refractivity contribution in [2.24, 2.45) is 5.92 Å². The van der Waals surface area contributed by atoms with Crippen LogP contribution in [0.25, 0.3) is 0 Å². The third-order valence-corrected chi connectivity index (χ3v) is 5.43. The van der Waals surface area contributed by atoms with Crippen molar-refractivity contribution in [3.8, 4) is 0 Å². The van der Waals surface area contributed by atoms with Gasteiger partial charge in [0.25, 0.3) is 0 Å². The van der Waals surface area contributed by atoms with E-state index in [1.54, 1.807) is 0 Å². The molecule has 0 aromatic rings. The van der Waals surface area contributed by atoms with Crippen molar-refractivity contribution in [2.45, 2.75) is 39.2 Å². The quantitative estimate of drug-likeness (QED) is 0.713. The van der Waals surface area contributed by atoms with Crippen LogP contribution in [0.15, 0.2) is 0 Å². The molecule has 2 atom stereocenters. The maximum atomic E-state index is 12.1. The van der Waals surface area contributed by atoms with Crippen molar-refractivity contribution < 1.29 is 18.3 Å². The van der Waals surface area contributed by atoms with E-state index < -0.39 is 21.9 Å². The van der Waals surface area contributed by atoms with E-state index in [-0.39, 0.29) is 12.3 Å². The summed E-state index contributed by atoms with van der Waals surface area (Å²) in [5, 5.41) is 12.1. The van der Waals surface area contributed by atoms with Gasteiger partial charge >= 0.3 is 5.97 Å². The first-order chi connectivity index (χ1) is 8.86. The number of hydrogen-bond donors (Lipinski definition) is 2. The lowest BCUT2D eigenvalue weighted by molar-refractivity contribution is -0.142. The van der Waals surface area contributed by atoms with Gasteiger partial charge in [0, 0.05) is 25.7 Å². The van der Waals surface area contributed by atoms with Crippen LogP contribution in [0.5, 0.6) is 0 Å². The fourth-order valence-corrected chi connectivity index (χ4v) is 3.55. The molecule has 1 fully saturated rings. The number of rotatable bonds is 7. The van der Waals surface area contributed by atoms with Gasteiger partial charge in [0.2, 0.25) is 10.0 Å². The van der Waals surface area contributed by atoms with Gasteiger partial charge in [-0.3, -0.25) is 4.79 Å². The van der Waals surface area contributed by atoms with Gasteiger partial charge in [-0.1, -0.05) is 6.92 Å². The molecular weight excluding hydrogens is 268 g/mol. The number of hydrogen-bond acceptors (Lipinski definition) is 4. The summed E-state index contributed by atoms with van der Waals surface area (Å²) in [4.78, 5) is 10.9. The van der Waals surface area contributed by atoms with Gasteiger partial charge in [-0.2, -0.15) is 0 Å². The Balaban J connectivity index is 2.50. The van der Waals surface area contributed by atoms with E-state index >= 15 is 0 Å². The third-order valence-electron chi connectivity index (χ3n) is 3.59. The molecule has 0 bridgehead atoms. The van der Waals surface area contributed by atoms with Crippen LogP contribution < -0.4 is 5.32 Å². The Morgan fingerprint density at radius 1 is 1.53 bits per heavy atom. The van der Waals surface area contributed by atoms with Crippen LogP contribution in [-0.2, 0) is 14.8 Å². The van der Waals surface area contributed by atoms with Crippen LogP contribution in [0.1, 0.15) is 33.1 Å². The van der Waals surface area contributed by atoms with Crippen LogP contribution in [0.4, 0.5) is 0 Å². The Hall–Kier alpha value is -0.660. The number of carbonyl (C=O) groups is 1. The molecule has 1 rings (SSSR count). The van der Waals surface area contributed by atoms with Crippen molar-refractivity contribution in [3.05, 3.63) is 0 Å². The maximum Gasteiger partial charge on any atom is 0.307 e. The van der Waals surface area contributed by atoms with E-state index in [4.69, 9.17) is 5.11 Å². The van der Waals surface area contributed by atoms with E-state index in [1.807, 2.05) is 13.8 Å². The highest BCUT2D eigenvalue weighted by atomic mass is 32.2. The van der Waals surface area contributed by atoms with Gasteiger partial charge in [0.05, 0.1) is 11.7 Å². The molecule has 0 aromatic carbocycles. The van der Waals surface area contributed by atoms with Crippen molar-refractivity contribution in [1.82, 2.24) is 9.62 Å². The van der Waals surface area contributed by atoms with Crippen molar-refractivity contribution in [2.75, 3.05) is 25.4 Å². The van der Waals surface area contributed by atoms with Gasteiger partial charge in [0.1, 0.15) is 0 Å². The third kappa shape index (κ3) is 5.08. The fraction of sp³-hybridized carbons (Fsp3) is 0.917. The summed E-state index contributed by atoms with van der Waals surface area (Å²) in [6.07, 6.45) is 2.13. The lowest BCUT2D eigenvalue weighted by Gasteiger charge is -2.30. The molecule has 0 aliphatic carbocycles. The molecule has 2 unspecified atom stereocenters. The summed E-state index contributed by atoms with van der Waals surface area (Å²) in [5.74, 6) is -1.44. The average molecular weight is 292 g/mol. The minimum absolute atomic E-state index is 0.0314. The summed E-state index contributed by atoms with van der Waals surface area (Å²) < 4.78 is 25.6. The molecule has 112 valence electrons. The van der Waals surface area contributed by atoms with Gasteiger partial charge in [-0.15, -0.1) is 0 Å². The lowest BCUT2D eigenvalue weighted by atomic mass is 10.0. The smallest absolute Gasteiger partial charge is 0.307 e. The molecule has 0 amide bonds. The number of piperidine rings is 1. The minimum Gasteiger partial charge on any atom is -0.481 e. The Labute approximate surface area is 115 Å².